The number of rotatable bonds is 7. The highest BCUT2D eigenvalue weighted by Crippen LogP contribution is 2.40. The summed E-state index contributed by atoms with van der Waals surface area (Å²) in [7, 11) is 0. The predicted octanol–water partition coefficient (Wildman–Crippen LogP) is 2.41. The van der Waals surface area contributed by atoms with E-state index in [1.54, 1.807) is 30.7 Å². The zero-order valence-corrected chi connectivity index (χ0v) is 18.3. The molecule has 2 amide bonds. The van der Waals surface area contributed by atoms with E-state index in [9.17, 15) is 9.59 Å². The van der Waals surface area contributed by atoms with Gasteiger partial charge in [0.2, 0.25) is 0 Å². The van der Waals surface area contributed by atoms with Crippen LogP contribution in [0.25, 0.3) is 0 Å². The average Bonchev–Trinajstić information content (AvgIpc) is 3.66. The van der Waals surface area contributed by atoms with Gasteiger partial charge in [-0.05, 0) is 31.9 Å². The summed E-state index contributed by atoms with van der Waals surface area (Å²) in [4.78, 5) is 46.4. The average molecular weight is 462 g/mol. The van der Waals surface area contributed by atoms with Crippen LogP contribution in [0.5, 0.6) is 5.88 Å². The van der Waals surface area contributed by atoms with Crippen LogP contribution >= 0.6 is 0 Å². The van der Waals surface area contributed by atoms with Crippen molar-refractivity contribution in [1.29, 1.82) is 0 Å². The van der Waals surface area contributed by atoms with E-state index in [1.807, 2.05) is 6.92 Å². The lowest BCUT2D eigenvalue weighted by atomic mass is 10.0. The molecule has 3 aromatic rings. The molecule has 4 heterocycles. The van der Waals surface area contributed by atoms with Crippen LogP contribution in [-0.2, 0) is 4.74 Å². The van der Waals surface area contributed by atoms with Gasteiger partial charge < -0.3 is 20.1 Å². The van der Waals surface area contributed by atoms with Gasteiger partial charge in [-0.3, -0.25) is 10.1 Å². The van der Waals surface area contributed by atoms with Gasteiger partial charge in [0.1, 0.15) is 6.33 Å². The van der Waals surface area contributed by atoms with Crippen molar-refractivity contribution in [3.8, 4) is 5.88 Å². The molecule has 1 saturated carbocycles. The first kappa shape index (κ1) is 21.6. The molecule has 0 unspecified atom stereocenters. The lowest BCUT2D eigenvalue weighted by Crippen LogP contribution is -2.60. The molecule has 0 aromatic carbocycles. The first-order chi connectivity index (χ1) is 16.5. The summed E-state index contributed by atoms with van der Waals surface area (Å²) < 4.78 is 10.7. The molecule has 2 fully saturated rings. The molecule has 0 atom stereocenters. The fourth-order valence-electron chi connectivity index (χ4n) is 3.34. The summed E-state index contributed by atoms with van der Waals surface area (Å²) in [6, 6.07) is 3.17. The van der Waals surface area contributed by atoms with Gasteiger partial charge >= 0.3 is 6.09 Å². The van der Waals surface area contributed by atoms with Crippen LogP contribution in [0.2, 0.25) is 0 Å². The predicted molar refractivity (Wildman–Crippen MR) is 120 cm³/mol. The van der Waals surface area contributed by atoms with Crippen LogP contribution in [0.4, 0.5) is 22.0 Å². The van der Waals surface area contributed by atoms with Crippen molar-refractivity contribution in [2.24, 2.45) is 0 Å². The summed E-state index contributed by atoms with van der Waals surface area (Å²) in [6.07, 6.45) is 8.83. The molecule has 12 nitrogen and oxygen atoms in total. The third-order valence-corrected chi connectivity index (χ3v) is 5.28. The number of nitrogens with one attached hydrogen (secondary N) is 3. The van der Waals surface area contributed by atoms with E-state index >= 15 is 0 Å². The number of pyridine rings is 1. The Hall–Kier alpha value is -4.19. The highest BCUT2D eigenvalue weighted by Gasteiger charge is 2.36. The standard InChI is InChI=1S/C22H22N8O4/c1-22(10-33-11-22)30-19(31)17-15(3-2-6-25-17)29-21(32)34-20-18(27-14-7-23-12-24-8-14)26-9-16(28-20)13-4-5-13/h2-3,6-9,12-13H,4-5,10-11H2,1H3,(H,26,27)(H,29,32)(H,30,31). The molecule has 5 rings (SSSR count). The second kappa shape index (κ2) is 8.98. The molecule has 12 heteroatoms. The van der Waals surface area contributed by atoms with Crippen molar-refractivity contribution >= 4 is 29.2 Å². The maximum Gasteiger partial charge on any atom is 0.418 e. The number of nitrogens with zero attached hydrogens (tertiary/aromatic N) is 5. The molecule has 174 valence electrons. The van der Waals surface area contributed by atoms with Crippen molar-refractivity contribution in [2.75, 3.05) is 23.8 Å². The summed E-state index contributed by atoms with van der Waals surface area (Å²) >= 11 is 0. The van der Waals surface area contributed by atoms with Crippen LogP contribution < -0.4 is 20.7 Å². The number of aromatic nitrogens is 5. The van der Waals surface area contributed by atoms with E-state index in [-0.39, 0.29) is 23.1 Å². The molecule has 0 bridgehead atoms. The van der Waals surface area contributed by atoms with Crippen molar-refractivity contribution < 1.29 is 19.1 Å². The molecule has 3 N–H and O–H groups in total. The Labute approximate surface area is 194 Å². The molecule has 0 radical (unpaired) electrons. The second-order valence-electron chi connectivity index (χ2n) is 8.40. The number of carbonyl (C=O) groups excluding carboxylic acids is 2. The normalized spacial score (nSPS) is 16.1. The molecule has 34 heavy (non-hydrogen) atoms. The lowest BCUT2D eigenvalue weighted by Gasteiger charge is -2.38. The zero-order chi connectivity index (χ0) is 23.5. The third-order valence-electron chi connectivity index (χ3n) is 5.28. The SMILES string of the molecule is CC1(NC(=O)c2ncccc2NC(=O)Oc2nc(C3CC3)cnc2Nc2cncnc2)COC1. The van der Waals surface area contributed by atoms with Crippen LogP contribution in [0.1, 0.15) is 41.9 Å². The summed E-state index contributed by atoms with van der Waals surface area (Å²) in [5, 5.41) is 8.46. The Balaban J connectivity index is 1.33. The van der Waals surface area contributed by atoms with Gasteiger partial charge in [0.15, 0.2) is 11.5 Å². The smallest absolute Gasteiger partial charge is 0.387 e. The van der Waals surface area contributed by atoms with Crippen molar-refractivity contribution in [3.05, 3.63) is 54.6 Å². The Morgan fingerprint density at radius 2 is 1.94 bits per heavy atom. The van der Waals surface area contributed by atoms with Crippen molar-refractivity contribution in [3.63, 3.8) is 0 Å². The molecule has 1 aliphatic heterocycles. The third kappa shape index (κ3) is 4.91. The fourth-order valence-corrected chi connectivity index (χ4v) is 3.34. The highest BCUT2D eigenvalue weighted by atomic mass is 16.6. The van der Waals surface area contributed by atoms with E-state index in [1.165, 1.54) is 12.5 Å². The Morgan fingerprint density at radius 3 is 2.65 bits per heavy atom. The largest absolute Gasteiger partial charge is 0.418 e. The van der Waals surface area contributed by atoms with Crippen LogP contribution in [0, 0.1) is 0 Å². The minimum Gasteiger partial charge on any atom is -0.387 e. The van der Waals surface area contributed by atoms with Gasteiger partial charge in [0, 0.05) is 12.1 Å². The van der Waals surface area contributed by atoms with Gasteiger partial charge in [0.05, 0.1) is 54.4 Å². The maximum absolute atomic E-state index is 12.8. The van der Waals surface area contributed by atoms with Gasteiger partial charge in [0.25, 0.3) is 11.8 Å². The van der Waals surface area contributed by atoms with Gasteiger partial charge in [-0.1, -0.05) is 0 Å². The second-order valence-corrected chi connectivity index (χ2v) is 8.40. The zero-order valence-electron chi connectivity index (χ0n) is 18.3. The Morgan fingerprint density at radius 1 is 1.15 bits per heavy atom. The minimum atomic E-state index is -0.838. The number of hydrogen-bond donors (Lipinski definition) is 3. The molecule has 2 aliphatic rings. The topological polar surface area (TPSA) is 153 Å². The molecule has 0 spiro atoms. The van der Waals surface area contributed by atoms with E-state index < -0.39 is 17.5 Å². The fraction of sp³-hybridized carbons (Fsp3) is 0.318. The summed E-state index contributed by atoms with van der Waals surface area (Å²) in [5.74, 6) is 0.109. The summed E-state index contributed by atoms with van der Waals surface area (Å²) in [6.45, 7) is 2.69. The molecule has 1 aliphatic carbocycles. The van der Waals surface area contributed by atoms with Crippen LogP contribution in [0.15, 0.2) is 43.2 Å². The minimum absolute atomic E-state index is 0.000210. The van der Waals surface area contributed by atoms with Gasteiger partial charge in [-0.15, -0.1) is 0 Å². The lowest BCUT2D eigenvalue weighted by molar-refractivity contribution is -0.0594. The number of anilines is 3. The van der Waals surface area contributed by atoms with E-state index in [4.69, 9.17) is 9.47 Å². The number of hydrogen-bond acceptors (Lipinski definition) is 10. The Kier molecular flexibility index (Phi) is 5.72. The molecule has 1 saturated heterocycles. The first-order valence-electron chi connectivity index (χ1n) is 10.7. The first-order valence-corrected chi connectivity index (χ1v) is 10.7. The molecular weight excluding hydrogens is 440 g/mol. The number of ether oxygens (including phenoxy) is 2. The monoisotopic (exact) mass is 462 g/mol. The maximum atomic E-state index is 12.8. The number of carbonyl (C=O) groups is 2. The van der Waals surface area contributed by atoms with E-state index in [2.05, 4.69) is 40.9 Å². The van der Waals surface area contributed by atoms with E-state index in [0.29, 0.717) is 24.8 Å². The van der Waals surface area contributed by atoms with Crippen molar-refractivity contribution in [2.45, 2.75) is 31.2 Å². The van der Waals surface area contributed by atoms with Crippen molar-refractivity contribution in [1.82, 2.24) is 30.2 Å². The van der Waals surface area contributed by atoms with Gasteiger partial charge in [-0.2, -0.15) is 0 Å². The van der Waals surface area contributed by atoms with E-state index in [0.717, 1.165) is 18.5 Å². The van der Waals surface area contributed by atoms with Crippen LogP contribution in [0.3, 0.4) is 0 Å². The highest BCUT2D eigenvalue weighted by molar-refractivity contribution is 6.01. The quantitative estimate of drug-likeness (QED) is 0.477. The molecular formula is C22H22N8O4. The Bertz CT molecular complexity index is 1210. The molecule has 3 aromatic heterocycles. The summed E-state index contributed by atoms with van der Waals surface area (Å²) in [5.41, 5.74) is 1.10. The van der Waals surface area contributed by atoms with Gasteiger partial charge in [-0.25, -0.2) is 29.7 Å². The number of amides is 2. The van der Waals surface area contributed by atoms with Crippen LogP contribution in [-0.4, -0.2) is 55.7 Å².